The van der Waals surface area contributed by atoms with E-state index in [1.807, 2.05) is 0 Å². The van der Waals surface area contributed by atoms with Crippen molar-refractivity contribution in [1.29, 1.82) is 0 Å². The molecule has 0 fully saturated rings. The summed E-state index contributed by atoms with van der Waals surface area (Å²) in [5.74, 6) is 0. The zero-order chi connectivity index (χ0) is 37.2. The van der Waals surface area contributed by atoms with Crippen molar-refractivity contribution in [3.63, 3.8) is 0 Å². The molecule has 57 heavy (non-hydrogen) atoms. The Morgan fingerprint density at radius 1 is 0.228 bits per heavy atom. The Kier molecular flexibility index (Phi) is 6.19. The van der Waals surface area contributed by atoms with Gasteiger partial charge in [0.2, 0.25) is 0 Å². The molecular formula is C57H34. The van der Waals surface area contributed by atoms with Crippen LogP contribution < -0.4 is 0 Å². The lowest BCUT2D eigenvalue weighted by Gasteiger charge is -2.31. The monoisotopic (exact) mass is 718 g/mol. The molecule has 0 bridgehead atoms. The molecule has 0 nitrogen and oxygen atoms in total. The van der Waals surface area contributed by atoms with Crippen LogP contribution in [-0.2, 0) is 5.41 Å². The van der Waals surface area contributed by atoms with Crippen molar-refractivity contribution in [2.24, 2.45) is 0 Å². The number of benzene rings is 11. The Balaban J connectivity index is 1.27. The predicted molar refractivity (Wildman–Crippen MR) is 241 cm³/mol. The van der Waals surface area contributed by atoms with Crippen LogP contribution in [0.2, 0.25) is 0 Å². The van der Waals surface area contributed by atoms with Gasteiger partial charge in [-0.2, -0.15) is 0 Å². The van der Waals surface area contributed by atoms with Gasteiger partial charge in [0.1, 0.15) is 0 Å². The zero-order valence-electron chi connectivity index (χ0n) is 31.1. The van der Waals surface area contributed by atoms with Crippen LogP contribution in [0.3, 0.4) is 0 Å². The molecule has 0 aliphatic heterocycles. The summed E-state index contributed by atoms with van der Waals surface area (Å²) >= 11 is 0. The first-order chi connectivity index (χ1) is 28.3. The molecule has 0 unspecified atom stereocenters. The summed E-state index contributed by atoms with van der Waals surface area (Å²) in [5.41, 5.74) is 15.3. The second-order valence-electron chi connectivity index (χ2n) is 15.9. The maximum absolute atomic E-state index is 2.59. The lowest BCUT2D eigenvalue weighted by atomic mass is 9.69. The molecule has 13 rings (SSSR count). The minimum absolute atomic E-state index is 0.510. The highest BCUT2D eigenvalue weighted by molar-refractivity contribution is 6.21. The molecule has 1 spiro atoms. The molecule has 262 valence electrons. The predicted octanol–water partition coefficient (Wildman–Crippen LogP) is 15.1. The minimum atomic E-state index is -0.510. The summed E-state index contributed by atoms with van der Waals surface area (Å²) in [7, 11) is 0. The molecule has 2 aliphatic rings. The van der Waals surface area contributed by atoms with Gasteiger partial charge in [-0.25, -0.2) is 0 Å². The Morgan fingerprint density at radius 2 is 0.789 bits per heavy atom. The molecule has 0 saturated carbocycles. The molecule has 0 N–H and O–H groups in total. The summed E-state index contributed by atoms with van der Waals surface area (Å²) < 4.78 is 0. The van der Waals surface area contributed by atoms with Crippen LogP contribution in [0.25, 0.3) is 98.4 Å². The van der Waals surface area contributed by atoms with E-state index in [2.05, 4.69) is 206 Å². The van der Waals surface area contributed by atoms with E-state index in [1.165, 1.54) is 121 Å². The first kappa shape index (κ1) is 31.0. The summed E-state index contributed by atoms with van der Waals surface area (Å²) in [6.45, 7) is 0. The maximum Gasteiger partial charge on any atom is 0.0726 e. The molecule has 11 aromatic carbocycles. The quantitative estimate of drug-likeness (QED) is 0.123. The van der Waals surface area contributed by atoms with E-state index in [1.54, 1.807) is 0 Å². The Hall–Kier alpha value is -7.28. The van der Waals surface area contributed by atoms with Crippen molar-refractivity contribution in [3.8, 4) is 44.5 Å². The van der Waals surface area contributed by atoms with Crippen molar-refractivity contribution in [1.82, 2.24) is 0 Å². The van der Waals surface area contributed by atoms with Gasteiger partial charge < -0.3 is 0 Å². The highest BCUT2D eigenvalue weighted by Crippen LogP contribution is 2.65. The summed E-state index contributed by atoms with van der Waals surface area (Å²) in [6.07, 6.45) is 0. The number of fused-ring (bicyclic) bond motifs is 16. The molecule has 11 aromatic rings. The van der Waals surface area contributed by atoms with Gasteiger partial charge >= 0.3 is 0 Å². The van der Waals surface area contributed by atoms with E-state index >= 15 is 0 Å². The highest BCUT2D eigenvalue weighted by Gasteiger charge is 2.52. The standard InChI is InChI=1S/C57H34/c1-2-17-38-33-53-50(30-37(38)16-1)56-49(44-25-13-19-35-14-3-6-20-41(35)44)32-40(34-54(56)57(53)51-26-11-9-23-45(51)46-24-10-12-27-52(46)57)55-43-22-8-5-18-39(43)31-48-42-21-7-4-15-36(42)28-29-47(48)55/h1-34H. The third-order valence-electron chi connectivity index (χ3n) is 13.2. The lowest BCUT2D eigenvalue weighted by molar-refractivity contribution is 0.795. The van der Waals surface area contributed by atoms with E-state index in [-0.39, 0.29) is 0 Å². The third kappa shape index (κ3) is 4.07. The molecule has 0 aromatic heterocycles. The summed E-state index contributed by atoms with van der Waals surface area (Å²) in [4.78, 5) is 0. The van der Waals surface area contributed by atoms with Gasteiger partial charge in [0.05, 0.1) is 5.41 Å². The van der Waals surface area contributed by atoms with E-state index < -0.39 is 5.41 Å². The fourth-order valence-corrected chi connectivity index (χ4v) is 10.9. The van der Waals surface area contributed by atoms with E-state index in [0.29, 0.717) is 0 Å². The Morgan fingerprint density at radius 3 is 1.54 bits per heavy atom. The topological polar surface area (TPSA) is 0 Å². The van der Waals surface area contributed by atoms with E-state index in [9.17, 15) is 0 Å². The molecule has 0 amide bonds. The number of hydrogen-bond donors (Lipinski definition) is 0. The fraction of sp³-hybridized carbons (Fsp3) is 0.0175. The molecule has 0 saturated heterocycles. The first-order valence-electron chi connectivity index (χ1n) is 20.0. The van der Waals surface area contributed by atoms with Crippen LogP contribution >= 0.6 is 0 Å². The fourth-order valence-electron chi connectivity index (χ4n) is 10.9. The zero-order valence-corrected chi connectivity index (χ0v) is 31.1. The van der Waals surface area contributed by atoms with Crippen molar-refractivity contribution >= 4 is 53.9 Å². The van der Waals surface area contributed by atoms with Crippen molar-refractivity contribution < 1.29 is 0 Å². The average molecular weight is 719 g/mol. The SMILES string of the molecule is c1ccc2c(c1)-c1ccccc1C21c2cc3ccccc3cc2-c2c(-c3cccc4ccccc34)cc(-c3c4ccccc4cc4c3ccc3ccccc34)cc21. The maximum atomic E-state index is 2.59. The van der Waals surface area contributed by atoms with Gasteiger partial charge in [0.25, 0.3) is 0 Å². The van der Waals surface area contributed by atoms with Crippen LogP contribution in [0.5, 0.6) is 0 Å². The molecular weight excluding hydrogens is 685 g/mol. The molecule has 0 atom stereocenters. The highest BCUT2D eigenvalue weighted by atomic mass is 14.5. The summed E-state index contributed by atoms with van der Waals surface area (Å²) in [6, 6.07) is 78.0. The van der Waals surface area contributed by atoms with Crippen LogP contribution in [0.1, 0.15) is 22.3 Å². The molecule has 0 heterocycles. The summed E-state index contributed by atoms with van der Waals surface area (Å²) in [5, 5.41) is 12.7. The van der Waals surface area contributed by atoms with Crippen molar-refractivity contribution in [2.45, 2.75) is 5.41 Å². The molecule has 0 radical (unpaired) electrons. The van der Waals surface area contributed by atoms with Crippen molar-refractivity contribution in [3.05, 3.63) is 229 Å². The van der Waals surface area contributed by atoms with E-state index in [0.717, 1.165) is 0 Å². The van der Waals surface area contributed by atoms with Gasteiger partial charge in [-0.15, -0.1) is 0 Å². The Bertz CT molecular complexity index is 3480. The largest absolute Gasteiger partial charge is 0.0726 e. The lowest BCUT2D eigenvalue weighted by Crippen LogP contribution is -2.26. The first-order valence-corrected chi connectivity index (χ1v) is 20.0. The van der Waals surface area contributed by atoms with Gasteiger partial charge in [0, 0.05) is 0 Å². The minimum Gasteiger partial charge on any atom is -0.0619 e. The third-order valence-corrected chi connectivity index (χ3v) is 13.2. The van der Waals surface area contributed by atoms with Crippen LogP contribution in [0, 0.1) is 0 Å². The van der Waals surface area contributed by atoms with E-state index in [4.69, 9.17) is 0 Å². The number of rotatable bonds is 2. The van der Waals surface area contributed by atoms with Crippen LogP contribution in [0.4, 0.5) is 0 Å². The van der Waals surface area contributed by atoms with Gasteiger partial charge in [-0.3, -0.25) is 0 Å². The number of hydrogen-bond acceptors (Lipinski definition) is 0. The second-order valence-corrected chi connectivity index (χ2v) is 15.9. The van der Waals surface area contributed by atoms with Crippen LogP contribution in [-0.4, -0.2) is 0 Å². The van der Waals surface area contributed by atoms with Crippen molar-refractivity contribution in [2.75, 3.05) is 0 Å². The Labute approximate surface area is 330 Å². The molecule has 2 aliphatic carbocycles. The van der Waals surface area contributed by atoms with Gasteiger partial charge in [0.15, 0.2) is 0 Å². The second kappa shape index (κ2) is 11.4. The van der Waals surface area contributed by atoms with Gasteiger partial charge in [-0.1, -0.05) is 176 Å². The smallest absolute Gasteiger partial charge is 0.0619 e. The van der Waals surface area contributed by atoms with Crippen LogP contribution in [0.15, 0.2) is 206 Å². The normalized spacial score (nSPS) is 13.4. The van der Waals surface area contributed by atoms with Gasteiger partial charge in [-0.05, 0) is 151 Å². The molecule has 0 heteroatoms. The average Bonchev–Trinajstić information content (AvgIpc) is 3.73.